The van der Waals surface area contributed by atoms with Crippen LogP contribution in [0.4, 0.5) is 0 Å². The molecule has 0 fully saturated rings. The van der Waals surface area contributed by atoms with Crippen LogP contribution in [-0.2, 0) is 19.1 Å². The molecule has 0 bridgehead atoms. The lowest BCUT2D eigenvalue weighted by atomic mass is 10.0. The van der Waals surface area contributed by atoms with Crippen LogP contribution < -0.4 is 0 Å². The molecule has 134 valence electrons. The molecule has 0 aromatic heterocycles. The zero-order valence-electron chi connectivity index (χ0n) is 14.8. The number of rotatable bonds is 13. The van der Waals surface area contributed by atoms with Gasteiger partial charge in [-0.1, -0.05) is 37.8 Å². The smallest absolute Gasteiger partial charge is 0.309 e. The fourth-order valence-electron chi connectivity index (χ4n) is 2.32. The van der Waals surface area contributed by atoms with E-state index in [2.05, 4.69) is 10.8 Å². The van der Waals surface area contributed by atoms with Gasteiger partial charge in [0, 0.05) is 0 Å². The maximum Gasteiger partial charge on any atom is 0.309 e. The molecule has 0 aliphatic heterocycles. The summed E-state index contributed by atoms with van der Waals surface area (Å²) in [4.78, 5) is 22.9. The van der Waals surface area contributed by atoms with Gasteiger partial charge < -0.3 is 14.6 Å². The number of carbonyl (C=O) groups excluding carboxylic acids is 2. The Morgan fingerprint density at radius 3 is 2.26 bits per heavy atom. The Bertz CT molecular complexity index is 349. The van der Waals surface area contributed by atoms with E-state index < -0.39 is 11.9 Å². The summed E-state index contributed by atoms with van der Waals surface area (Å²) in [5.41, 5.74) is 0. The Kier molecular flexibility index (Phi) is 13.4. The molecule has 0 saturated carbocycles. The van der Waals surface area contributed by atoms with Gasteiger partial charge in [0.2, 0.25) is 0 Å². The van der Waals surface area contributed by atoms with Gasteiger partial charge in [-0.3, -0.25) is 9.59 Å². The van der Waals surface area contributed by atoms with Crippen molar-refractivity contribution in [2.75, 3.05) is 14.2 Å². The molecule has 0 aliphatic rings. The summed E-state index contributed by atoms with van der Waals surface area (Å²) in [6.45, 7) is 1.83. The van der Waals surface area contributed by atoms with Crippen molar-refractivity contribution in [1.29, 1.82) is 0 Å². The van der Waals surface area contributed by atoms with E-state index >= 15 is 0 Å². The molecular weight excluding hydrogens is 296 g/mol. The molecule has 0 radical (unpaired) electrons. The van der Waals surface area contributed by atoms with Gasteiger partial charge in [0.1, 0.15) is 0 Å². The minimum Gasteiger partial charge on any atom is -0.469 e. The van der Waals surface area contributed by atoms with Gasteiger partial charge in [-0.25, -0.2) is 0 Å². The molecule has 2 unspecified atom stereocenters. The number of hydrogen-bond donors (Lipinski definition) is 1. The number of allylic oxidation sites excluding steroid dienone is 2. The number of ether oxygens (including phenoxy) is 2. The second-order valence-electron chi connectivity index (χ2n) is 5.90. The third kappa shape index (κ3) is 12.8. The lowest BCUT2D eigenvalue weighted by Gasteiger charge is -2.10. The van der Waals surface area contributed by atoms with E-state index in [0.717, 1.165) is 32.1 Å². The molecule has 2 atom stereocenters. The van der Waals surface area contributed by atoms with Crippen LogP contribution in [0.25, 0.3) is 0 Å². The summed E-state index contributed by atoms with van der Waals surface area (Å²) in [6, 6.07) is 0. The van der Waals surface area contributed by atoms with Gasteiger partial charge in [-0.15, -0.1) is 0 Å². The van der Waals surface area contributed by atoms with Gasteiger partial charge in [0.15, 0.2) is 0 Å². The Labute approximate surface area is 140 Å². The van der Waals surface area contributed by atoms with Gasteiger partial charge in [-0.05, 0) is 32.6 Å². The molecule has 5 heteroatoms. The number of aliphatic hydroxyl groups excluding tert-OH is 1. The first-order chi connectivity index (χ1) is 11.0. The highest BCUT2D eigenvalue weighted by Gasteiger charge is 2.21. The average molecular weight is 328 g/mol. The summed E-state index contributed by atoms with van der Waals surface area (Å²) < 4.78 is 9.30. The zero-order chi connectivity index (χ0) is 17.5. The molecule has 0 heterocycles. The van der Waals surface area contributed by atoms with Crippen LogP contribution in [-0.4, -0.2) is 37.4 Å². The van der Waals surface area contributed by atoms with E-state index in [1.54, 1.807) is 0 Å². The molecule has 0 aromatic carbocycles. The molecule has 0 amide bonds. The summed E-state index contributed by atoms with van der Waals surface area (Å²) in [7, 11) is 2.64. The second-order valence-corrected chi connectivity index (χ2v) is 5.90. The highest BCUT2D eigenvalue weighted by Crippen LogP contribution is 2.14. The first-order valence-electron chi connectivity index (χ1n) is 8.49. The number of carbonyl (C=O) groups is 2. The minimum absolute atomic E-state index is 0.0524. The summed E-state index contributed by atoms with van der Waals surface area (Å²) in [5, 5.41) is 9.15. The van der Waals surface area contributed by atoms with Crippen molar-refractivity contribution >= 4 is 11.9 Å². The van der Waals surface area contributed by atoms with Crippen LogP contribution >= 0.6 is 0 Å². The molecular formula is C18H32O5. The normalized spacial score (nSPS) is 13.7. The van der Waals surface area contributed by atoms with Crippen molar-refractivity contribution in [3.63, 3.8) is 0 Å². The standard InChI is InChI=1S/C18H32O5/c1-15(19)12-10-8-6-4-5-7-9-11-13-16(18(21)23-3)14-17(20)22-2/h9,11,15-16,19H,4-8,10,12-14H2,1-3H3. The number of aliphatic hydroxyl groups is 1. The summed E-state index contributed by atoms with van der Waals surface area (Å²) in [6.07, 6.45) is 11.9. The van der Waals surface area contributed by atoms with Crippen LogP contribution in [0.2, 0.25) is 0 Å². The van der Waals surface area contributed by atoms with Crippen molar-refractivity contribution in [2.24, 2.45) is 5.92 Å². The van der Waals surface area contributed by atoms with Crippen molar-refractivity contribution < 1.29 is 24.2 Å². The van der Waals surface area contributed by atoms with Crippen LogP contribution in [0.1, 0.15) is 64.7 Å². The molecule has 23 heavy (non-hydrogen) atoms. The van der Waals surface area contributed by atoms with E-state index in [4.69, 9.17) is 9.84 Å². The highest BCUT2D eigenvalue weighted by atomic mass is 16.5. The van der Waals surface area contributed by atoms with E-state index in [-0.39, 0.29) is 18.5 Å². The monoisotopic (exact) mass is 328 g/mol. The van der Waals surface area contributed by atoms with E-state index in [0.29, 0.717) is 6.42 Å². The van der Waals surface area contributed by atoms with Crippen LogP contribution in [0, 0.1) is 5.92 Å². The van der Waals surface area contributed by atoms with Gasteiger partial charge >= 0.3 is 11.9 Å². The van der Waals surface area contributed by atoms with Crippen molar-refractivity contribution in [2.45, 2.75) is 70.8 Å². The molecule has 0 aliphatic carbocycles. The molecule has 1 N–H and O–H groups in total. The number of unbranched alkanes of at least 4 members (excludes halogenated alkanes) is 5. The molecule has 5 nitrogen and oxygen atoms in total. The quantitative estimate of drug-likeness (QED) is 0.319. The maximum absolute atomic E-state index is 11.6. The predicted octanol–water partition coefficient (Wildman–Crippen LogP) is 3.40. The molecule has 0 rings (SSSR count). The second kappa shape index (κ2) is 14.2. The van der Waals surface area contributed by atoms with Gasteiger partial charge in [0.25, 0.3) is 0 Å². The van der Waals surface area contributed by atoms with Crippen molar-refractivity contribution in [1.82, 2.24) is 0 Å². The lowest BCUT2D eigenvalue weighted by molar-refractivity contribution is -0.151. The lowest BCUT2D eigenvalue weighted by Crippen LogP contribution is -2.20. The van der Waals surface area contributed by atoms with Crippen LogP contribution in [0.3, 0.4) is 0 Å². The topological polar surface area (TPSA) is 72.8 Å². The van der Waals surface area contributed by atoms with E-state index in [1.165, 1.54) is 27.1 Å². The maximum atomic E-state index is 11.6. The summed E-state index contributed by atoms with van der Waals surface area (Å²) >= 11 is 0. The largest absolute Gasteiger partial charge is 0.469 e. The zero-order valence-corrected chi connectivity index (χ0v) is 14.8. The third-order valence-corrected chi connectivity index (χ3v) is 3.76. The van der Waals surface area contributed by atoms with Crippen molar-refractivity contribution in [3.05, 3.63) is 12.2 Å². The Morgan fingerprint density at radius 1 is 1.00 bits per heavy atom. The number of esters is 2. The fraction of sp³-hybridized carbons (Fsp3) is 0.778. The predicted molar refractivity (Wildman–Crippen MR) is 89.9 cm³/mol. The highest BCUT2D eigenvalue weighted by molar-refractivity contribution is 5.79. The Balaban J connectivity index is 3.79. The number of methoxy groups -OCH3 is 2. The molecule has 0 spiro atoms. The minimum atomic E-state index is -0.468. The third-order valence-electron chi connectivity index (χ3n) is 3.76. The summed E-state index contributed by atoms with van der Waals surface area (Å²) in [5.74, 6) is -1.24. The first-order valence-corrected chi connectivity index (χ1v) is 8.49. The van der Waals surface area contributed by atoms with Crippen LogP contribution in [0.15, 0.2) is 12.2 Å². The number of hydrogen-bond acceptors (Lipinski definition) is 5. The SMILES string of the molecule is COC(=O)CC(CC=CCCCCCCCC(C)O)C(=O)OC. The molecule has 0 saturated heterocycles. The first kappa shape index (κ1) is 21.6. The average Bonchev–Trinajstić information content (AvgIpc) is 2.54. The molecule has 0 aromatic rings. The van der Waals surface area contributed by atoms with E-state index in [9.17, 15) is 9.59 Å². The van der Waals surface area contributed by atoms with Gasteiger partial charge in [-0.2, -0.15) is 0 Å². The fourth-order valence-corrected chi connectivity index (χ4v) is 2.32. The Morgan fingerprint density at radius 2 is 1.65 bits per heavy atom. The van der Waals surface area contributed by atoms with Gasteiger partial charge in [0.05, 0.1) is 32.7 Å². The van der Waals surface area contributed by atoms with E-state index in [1.807, 2.05) is 13.0 Å². The van der Waals surface area contributed by atoms with Crippen molar-refractivity contribution in [3.8, 4) is 0 Å². The van der Waals surface area contributed by atoms with Crippen LogP contribution in [0.5, 0.6) is 0 Å². The Hall–Kier alpha value is -1.36.